The Labute approximate surface area is 149 Å². The van der Waals surface area contributed by atoms with Crippen LogP contribution in [0.4, 0.5) is 0 Å². The molecule has 3 aromatic rings. The van der Waals surface area contributed by atoms with E-state index < -0.39 is 0 Å². The monoisotopic (exact) mass is 357 g/mol. The van der Waals surface area contributed by atoms with Gasteiger partial charge in [-0.15, -0.1) is 10.2 Å². The normalized spacial score (nSPS) is 18.0. The molecule has 0 bridgehead atoms. The summed E-state index contributed by atoms with van der Waals surface area (Å²) in [6.45, 7) is 1.44. The van der Waals surface area contributed by atoms with E-state index in [1.165, 1.54) is 11.8 Å². The topological polar surface area (TPSA) is 77.1 Å². The van der Waals surface area contributed by atoms with Gasteiger partial charge in [0, 0.05) is 20.1 Å². The molecule has 0 aliphatic carbocycles. The maximum Gasteiger partial charge on any atom is 0.233 e. The van der Waals surface area contributed by atoms with E-state index in [0.29, 0.717) is 12.3 Å². The van der Waals surface area contributed by atoms with Gasteiger partial charge in [-0.25, -0.2) is 4.98 Å². The molecule has 7 nitrogen and oxygen atoms in total. The number of thioether (sulfide) groups is 1. The lowest BCUT2D eigenvalue weighted by molar-refractivity contribution is -0.129. The minimum absolute atomic E-state index is 0.119. The van der Waals surface area contributed by atoms with Crippen LogP contribution in [0, 0.1) is 0 Å². The number of hydrogen-bond donors (Lipinski definition) is 0. The molecular formula is C17H19N5O2S. The van der Waals surface area contributed by atoms with Crippen molar-refractivity contribution in [3.8, 4) is 0 Å². The minimum atomic E-state index is 0.119. The lowest BCUT2D eigenvalue weighted by Gasteiger charge is -2.31. The standard InChI is InChI=1S/C17H19N5O2S/c1-21-11-18-20-17(21)25-10-15(23)22-8-4-5-12(9-22)16-19-13-6-2-3-7-14(13)24-16/h2-3,6-7,11-12H,4-5,8-10H2,1H3. The van der Waals surface area contributed by atoms with E-state index in [4.69, 9.17) is 4.42 Å². The predicted octanol–water partition coefficient (Wildman–Crippen LogP) is 2.45. The fourth-order valence-corrected chi connectivity index (χ4v) is 3.88. The number of amides is 1. The number of rotatable bonds is 4. The molecule has 1 aliphatic rings. The second kappa shape index (κ2) is 6.87. The molecule has 2 aromatic heterocycles. The molecular weight excluding hydrogens is 338 g/mol. The summed E-state index contributed by atoms with van der Waals surface area (Å²) in [5.74, 6) is 1.38. The fourth-order valence-electron chi connectivity index (χ4n) is 3.09. The molecule has 3 heterocycles. The number of benzene rings is 1. The van der Waals surface area contributed by atoms with Gasteiger partial charge < -0.3 is 13.9 Å². The Hall–Kier alpha value is -2.35. The number of carbonyl (C=O) groups excluding carboxylic acids is 1. The Balaban J connectivity index is 1.41. The summed E-state index contributed by atoms with van der Waals surface area (Å²) >= 11 is 1.42. The third kappa shape index (κ3) is 3.39. The molecule has 25 heavy (non-hydrogen) atoms. The van der Waals surface area contributed by atoms with E-state index in [1.54, 1.807) is 6.33 Å². The van der Waals surface area contributed by atoms with Crippen LogP contribution in [-0.2, 0) is 11.8 Å². The highest BCUT2D eigenvalue weighted by Crippen LogP contribution is 2.29. The van der Waals surface area contributed by atoms with Gasteiger partial charge in [-0.2, -0.15) is 0 Å². The number of nitrogens with zero attached hydrogens (tertiary/aromatic N) is 5. The molecule has 8 heteroatoms. The van der Waals surface area contributed by atoms with Crippen molar-refractivity contribution >= 4 is 28.8 Å². The second-order valence-corrected chi connectivity index (χ2v) is 7.15. The van der Waals surface area contributed by atoms with Gasteiger partial charge in [0.2, 0.25) is 5.91 Å². The van der Waals surface area contributed by atoms with E-state index in [1.807, 2.05) is 40.8 Å². The Morgan fingerprint density at radius 3 is 3.08 bits per heavy atom. The molecule has 1 amide bonds. The number of para-hydroxylation sites is 2. The van der Waals surface area contributed by atoms with Crippen molar-refractivity contribution < 1.29 is 9.21 Å². The Kier molecular flexibility index (Phi) is 4.44. The van der Waals surface area contributed by atoms with Gasteiger partial charge in [0.05, 0.1) is 11.7 Å². The maximum atomic E-state index is 12.6. The van der Waals surface area contributed by atoms with Crippen LogP contribution in [0.2, 0.25) is 0 Å². The van der Waals surface area contributed by atoms with Crippen LogP contribution >= 0.6 is 11.8 Å². The van der Waals surface area contributed by atoms with Crippen LogP contribution in [0.3, 0.4) is 0 Å². The number of piperidine rings is 1. The largest absolute Gasteiger partial charge is 0.440 e. The fraction of sp³-hybridized carbons (Fsp3) is 0.412. The van der Waals surface area contributed by atoms with E-state index in [-0.39, 0.29) is 11.8 Å². The van der Waals surface area contributed by atoms with Crippen LogP contribution < -0.4 is 0 Å². The van der Waals surface area contributed by atoms with Crippen molar-refractivity contribution in [1.82, 2.24) is 24.6 Å². The Morgan fingerprint density at radius 1 is 1.40 bits per heavy atom. The predicted molar refractivity (Wildman–Crippen MR) is 94.3 cm³/mol. The number of hydrogen-bond acceptors (Lipinski definition) is 6. The molecule has 1 aromatic carbocycles. The maximum absolute atomic E-state index is 12.6. The first-order valence-corrected chi connectivity index (χ1v) is 9.29. The van der Waals surface area contributed by atoms with Crippen LogP contribution in [0.15, 0.2) is 40.2 Å². The van der Waals surface area contributed by atoms with E-state index in [0.717, 1.165) is 41.5 Å². The summed E-state index contributed by atoms with van der Waals surface area (Å²) in [4.78, 5) is 19.1. The van der Waals surface area contributed by atoms with Crippen LogP contribution in [0.25, 0.3) is 11.1 Å². The summed E-state index contributed by atoms with van der Waals surface area (Å²) in [7, 11) is 1.87. The highest BCUT2D eigenvalue weighted by molar-refractivity contribution is 7.99. The van der Waals surface area contributed by atoms with E-state index in [2.05, 4.69) is 15.2 Å². The molecule has 130 valence electrons. The van der Waals surface area contributed by atoms with Crippen LogP contribution in [0.1, 0.15) is 24.7 Å². The zero-order valence-corrected chi connectivity index (χ0v) is 14.8. The smallest absolute Gasteiger partial charge is 0.233 e. The number of carbonyl (C=O) groups is 1. The van der Waals surface area contributed by atoms with Gasteiger partial charge in [0.1, 0.15) is 11.8 Å². The van der Waals surface area contributed by atoms with Crippen molar-refractivity contribution in [2.45, 2.75) is 23.9 Å². The van der Waals surface area contributed by atoms with Crippen LogP contribution in [0.5, 0.6) is 0 Å². The van der Waals surface area contributed by atoms with Crippen molar-refractivity contribution in [2.24, 2.45) is 7.05 Å². The average Bonchev–Trinajstić information content (AvgIpc) is 3.25. The Bertz CT molecular complexity index is 857. The third-order valence-corrected chi connectivity index (χ3v) is 5.45. The van der Waals surface area contributed by atoms with Gasteiger partial charge in [-0.05, 0) is 25.0 Å². The van der Waals surface area contributed by atoms with Crippen molar-refractivity contribution in [1.29, 1.82) is 0 Å². The van der Waals surface area contributed by atoms with Gasteiger partial charge >= 0.3 is 0 Å². The molecule has 0 N–H and O–H groups in total. The molecule has 1 fully saturated rings. The lowest BCUT2D eigenvalue weighted by atomic mass is 9.98. The number of aromatic nitrogens is 4. The number of fused-ring (bicyclic) bond motifs is 1. The number of aryl methyl sites for hydroxylation is 1. The molecule has 1 atom stereocenters. The van der Waals surface area contributed by atoms with Crippen molar-refractivity contribution in [3.63, 3.8) is 0 Å². The Morgan fingerprint density at radius 2 is 2.28 bits per heavy atom. The SMILES string of the molecule is Cn1cnnc1SCC(=O)N1CCCC(c2nc3ccccc3o2)C1. The van der Waals surface area contributed by atoms with E-state index >= 15 is 0 Å². The van der Waals surface area contributed by atoms with Gasteiger partial charge in [0.15, 0.2) is 16.6 Å². The first-order valence-electron chi connectivity index (χ1n) is 8.31. The molecule has 0 saturated carbocycles. The molecule has 1 saturated heterocycles. The van der Waals surface area contributed by atoms with Gasteiger partial charge in [0.25, 0.3) is 0 Å². The van der Waals surface area contributed by atoms with Crippen molar-refractivity contribution in [3.05, 3.63) is 36.5 Å². The molecule has 0 spiro atoms. The zero-order valence-electron chi connectivity index (χ0n) is 14.0. The minimum Gasteiger partial charge on any atom is -0.440 e. The number of likely N-dealkylation sites (tertiary alicyclic amines) is 1. The summed E-state index contributed by atoms with van der Waals surface area (Å²) in [5.41, 5.74) is 1.68. The summed E-state index contributed by atoms with van der Waals surface area (Å²) in [6, 6.07) is 7.77. The summed E-state index contributed by atoms with van der Waals surface area (Å²) in [5, 5.41) is 8.58. The summed E-state index contributed by atoms with van der Waals surface area (Å²) < 4.78 is 7.71. The van der Waals surface area contributed by atoms with Gasteiger partial charge in [-0.1, -0.05) is 23.9 Å². The van der Waals surface area contributed by atoms with Crippen molar-refractivity contribution in [2.75, 3.05) is 18.8 Å². The molecule has 4 rings (SSSR count). The highest BCUT2D eigenvalue weighted by Gasteiger charge is 2.28. The molecule has 1 unspecified atom stereocenters. The first-order chi connectivity index (χ1) is 12.2. The average molecular weight is 357 g/mol. The number of oxazole rings is 1. The third-order valence-electron chi connectivity index (χ3n) is 4.43. The molecule has 0 radical (unpaired) electrons. The molecule has 1 aliphatic heterocycles. The lowest BCUT2D eigenvalue weighted by Crippen LogP contribution is -2.40. The van der Waals surface area contributed by atoms with E-state index in [9.17, 15) is 4.79 Å². The second-order valence-electron chi connectivity index (χ2n) is 6.21. The van der Waals surface area contributed by atoms with Gasteiger partial charge in [-0.3, -0.25) is 4.79 Å². The summed E-state index contributed by atoms with van der Waals surface area (Å²) in [6.07, 6.45) is 3.59. The van der Waals surface area contributed by atoms with Crippen LogP contribution in [-0.4, -0.2) is 49.4 Å². The quantitative estimate of drug-likeness (QED) is 0.668. The highest BCUT2D eigenvalue weighted by atomic mass is 32.2. The first kappa shape index (κ1) is 16.1. The zero-order chi connectivity index (χ0) is 17.2.